The number of fused-ring (bicyclic) bond motifs is 1. The molecule has 60 heavy (non-hydrogen) atoms. The third-order valence-corrected chi connectivity index (χ3v) is 16.8. The standard InChI is InChI=1S/C45H75N7O7S/c1-11-31-26-45(31,40(57)49-60(58,59)50(12-2)13-3)48-37(54)33-27-44(42(9,10)43(44)23-19-24-43)28-52(33)39(56)35(41(6,7)8)47-38(55)34(30-20-15-14-16-21-30)46-36(53)32-22-17-18-25-51(32)29(4)5/h11,29-35H,1,12-28H2,2-10H3,(H,46,53)(H,47,55)(H,48,54)(H,49,57)/t31-,32+,33+,34+,35-,44-,45-/m1/s1/i2D3,3D3,12D2,13D2. The third-order valence-electron chi connectivity index (χ3n) is 15.7. The Balaban J connectivity index is 1.32. The maximum Gasteiger partial charge on any atom is 0.303 e. The first-order valence-corrected chi connectivity index (χ1v) is 23.4. The Morgan fingerprint density at radius 1 is 0.900 bits per heavy atom. The highest BCUT2D eigenvalue weighted by molar-refractivity contribution is 7.87. The minimum atomic E-state index is -6.02. The van der Waals surface area contributed by atoms with E-state index in [1.807, 2.05) is 13.8 Å². The fourth-order valence-corrected chi connectivity index (χ4v) is 12.6. The minimum absolute atomic E-state index is 0.109. The molecule has 6 aliphatic rings. The van der Waals surface area contributed by atoms with Gasteiger partial charge in [0.1, 0.15) is 23.7 Å². The van der Waals surface area contributed by atoms with Gasteiger partial charge in [-0.2, -0.15) is 12.7 Å². The van der Waals surface area contributed by atoms with Crippen LogP contribution in [0.15, 0.2) is 12.7 Å². The van der Waals surface area contributed by atoms with Gasteiger partial charge < -0.3 is 20.9 Å². The molecule has 2 spiro atoms. The fourth-order valence-electron chi connectivity index (χ4n) is 11.8. The monoisotopic (exact) mass is 868 g/mol. The number of carbonyl (C=O) groups excluding carboxylic acids is 5. The lowest BCUT2D eigenvalue weighted by molar-refractivity contribution is -0.145. The maximum atomic E-state index is 15.4. The topological polar surface area (TPSA) is 177 Å². The van der Waals surface area contributed by atoms with Gasteiger partial charge in [0, 0.05) is 50.6 Å². The van der Waals surface area contributed by atoms with Crippen LogP contribution < -0.4 is 20.7 Å². The lowest BCUT2D eigenvalue weighted by atomic mass is 9.73. The second kappa shape index (κ2) is 16.9. The van der Waals surface area contributed by atoms with Crippen molar-refractivity contribution in [1.29, 1.82) is 0 Å². The van der Waals surface area contributed by atoms with Crippen LogP contribution in [0.25, 0.3) is 0 Å². The SMILES string of the molecule is [2H]C([2H])([2H])C([2H])([2H])N(C([2H])([2H])C([2H])([2H])[2H])S(=O)(=O)NC(=O)[C@@]1(NC(=O)[C@@H]2C[C@@]3(CN2C(=O)[C@@H](NC(=O)[C@@H](NC(=O)[C@@H]2CCCCN2C(C)C)C2CCCCC2)C(C)(C)C)C(C)(C)C32CCC2)C[C@H]1C=C. The van der Waals surface area contributed by atoms with E-state index in [9.17, 15) is 27.6 Å². The summed E-state index contributed by atoms with van der Waals surface area (Å²) < 4.78 is 107. The maximum absolute atomic E-state index is 15.4. The zero-order valence-corrected chi connectivity index (χ0v) is 37.4. The van der Waals surface area contributed by atoms with E-state index in [0.29, 0.717) is 19.3 Å². The molecule has 0 aromatic carbocycles. The lowest BCUT2D eigenvalue weighted by Gasteiger charge is -2.40. The average molecular weight is 868 g/mol. The van der Waals surface area contributed by atoms with Crippen LogP contribution >= 0.6 is 0 Å². The second-order valence-electron chi connectivity index (χ2n) is 20.3. The van der Waals surface area contributed by atoms with Gasteiger partial charge >= 0.3 is 10.2 Å². The zero-order chi connectivity index (χ0) is 52.8. The molecule has 0 unspecified atom stereocenters. The number of likely N-dealkylation sites (tertiary alicyclic amines) is 2. The van der Waals surface area contributed by atoms with Crippen LogP contribution in [-0.2, 0) is 34.2 Å². The zero-order valence-electron chi connectivity index (χ0n) is 46.5. The molecule has 0 radical (unpaired) electrons. The van der Waals surface area contributed by atoms with Crippen molar-refractivity contribution < 1.29 is 46.1 Å². The molecule has 2 heterocycles. The average Bonchev–Trinajstić information content (AvgIpc) is 3.95. The van der Waals surface area contributed by atoms with Gasteiger partial charge in [-0.3, -0.25) is 28.9 Å². The predicted octanol–water partition coefficient (Wildman–Crippen LogP) is 4.41. The van der Waals surface area contributed by atoms with Crippen LogP contribution in [0.1, 0.15) is 159 Å². The van der Waals surface area contributed by atoms with Crippen LogP contribution in [0.3, 0.4) is 0 Å². The molecule has 2 saturated heterocycles. The van der Waals surface area contributed by atoms with Crippen molar-refractivity contribution in [1.82, 2.24) is 34.8 Å². The van der Waals surface area contributed by atoms with E-state index in [1.54, 1.807) is 20.8 Å². The molecule has 15 heteroatoms. The fraction of sp³-hybridized carbons (Fsp3) is 0.844. The summed E-state index contributed by atoms with van der Waals surface area (Å²) in [6, 6.07) is -3.73. The summed E-state index contributed by atoms with van der Waals surface area (Å²) in [5, 5.41) is 8.82. The van der Waals surface area contributed by atoms with Gasteiger partial charge in [-0.15, -0.1) is 6.58 Å². The summed E-state index contributed by atoms with van der Waals surface area (Å²) >= 11 is 0. The lowest BCUT2D eigenvalue weighted by Crippen LogP contribution is -2.63. The van der Waals surface area contributed by atoms with Crippen LogP contribution in [0.4, 0.5) is 0 Å². The van der Waals surface area contributed by atoms with Crippen molar-refractivity contribution in [2.45, 2.75) is 181 Å². The molecule has 6 rings (SSSR count). The number of nitrogens with zero attached hydrogens (tertiary/aromatic N) is 3. The summed E-state index contributed by atoms with van der Waals surface area (Å²) in [4.78, 5) is 77.2. The number of piperidine rings is 1. The van der Waals surface area contributed by atoms with Crippen molar-refractivity contribution in [2.75, 3.05) is 26.1 Å². The van der Waals surface area contributed by atoms with Gasteiger partial charge in [0.25, 0.3) is 5.91 Å². The number of hydrogen-bond donors (Lipinski definition) is 4. The molecule has 338 valence electrons. The van der Waals surface area contributed by atoms with Gasteiger partial charge in [0.2, 0.25) is 23.6 Å². The van der Waals surface area contributed by atoms with E-state index >= 15 is 4.79 Å². The molecule has 14 nitrogen and oxygen atoms in total. The molecule has 6 fully saturated rings. The van der Waals surface area contributed by atoms with E-state index in [2.05, 4.69) is 41.3 Å². The number of hydrogen-bond acceptors (Lipinski definition) is 8. The van der Waals surface area contributed by atoms with Crippen LogP contribution in [0.2, 0.25) is 0 Å². The van der Waals surface area contributed by atoms with Gasteiger partial charge in [-0.25, -0.2) is 4.72 Å². The van der Waals surface area contributed by atoms with Crippen LogP contribution in [0, 0.1) is 33.5 Å². The van der Waals surface area contributed by atoms with E-state index in [4.69, 9.17) is 13.7 Å². The number of nitrogens with one attached hydrogen (secondary N) is 4. The summed E-state index contributed by atoms with van der Waals surface area (Å²) in [5.41, 5.74) is -4.22. The molecule has 5 amide bonds. The van der Waals surface area contributed by atoms with E-state index in [-0.39, 0.29) is 48.1 Å². The Labute approximate surface area is 373 Å². The third kappa shape index (κ3) is 7.94. The van der Waals surface area contributed by atoms with Gasteiger partial charge in [-0.1, -0.05) is 86.5 Å². The number of rotatable bonds is 15. The van der Waals surface area contributed by atoms with E-state index < -0.39 is 111 Å². The number of amides is 5. The predicted molar refractivity (Wildman–Crippen MR) is 231 cm³/mol. The highest BCUT2D eigenvalue weighted by Crippen LogP contribution is 2.88. The quantitative estimate of drug-likeness (QED) is 0.175. The van der Waals surface area contributed by atoms with Gasteiger partial charge in [0.15, 0.2) is 0 Å². The number of carbonyl (C=O) groups is 5. The molecule has 7 atom stereocenters. The molecule has 4 aliphatic carbocycles. The van der Waals surface area contributed by atoms with E-state index in [1.165, 1.54) is 15.7 Å². The first-order valence-electron chi connectivity index (χ1n) is 26.9. The largest absolute Gasteiger partial charge is 0.343 e. The summed E-state index contributed by atoms with van der Waals surface area (Å²) in [6.45, 7) is 1.86. The Hall–Kier alpha value is -3.04. The Bertz CT molecular complexity index is 2170. The summed E-state index contributed by atoms with van der Waals surface area (Å²) in [6.07, 6.45) is 10.4. The Morgan fingerprint density at radius 3 is 2.08 bits per heavy atom. The first kappa shape index (κ1) is 34.4. The molecule has 0 bridgehead atoms. The van der Waals surface area contributed by atoms with Crippen molar-refractivity contribution in [3.8, 4) is 0 Å². The normalized spacial score (nSPS) is 34.4. The highest BCUT2D eigenvalue weighted by Gasteiger charge is 2.85. The molecule has 2 aliphatic heterocycles. The van der Waals surface area contributed by atoms with Gasteiger partial charge in [-0.05, 0) is 93.9 Å². The van der Waals surface area contributed by atoms with Crippen LogP contribution in [-0.4, -0.2) is 114 Å². The van der Waals surface area contributed by atoms with Crippen LogP contribution in [0.5, 0.6) is 0 Å². The smallest absolute Gasteiger partial charge is 0.303 e. The van der Waals surface area contributed by atoms with Crippen molar-refractivity contribution in [3.63, 3.8) is 0 Å². The molecular formula is C45H75N7O7S. The van der Waals surface area contributed by atoms with Crippen molar-refractivity contribution >= 4 is 39.7 Å². The van der Waals surface area contributed by atoms with Crippen molar-refractivity contribution in [3.05, 3.63) is 12.7 Å². The summed E-state index contributed by atoms with van der Waals surface area (Å²) in [7, 11) is -6.02. The summed E-state index contributed by atoms with van der Waals surface area (Å²) in [5.74, 6) is -4.89. The van der Waals surface area contributed by atoms with Gasteiger partial charge in [0.05, 0.1) is 6.04 Å². The molecule has 4 saturated carbocycles. The molecular weight excluding hydrogens is 783 g/mol. The molecule has 0 aromatic rings. The first-order chi connectivity index (χ1) is 31.9. The molecule has 4 N–H and O–H groups in total. The Kier molecular flexibility index (Phi) is 9.71. The Morgan fingerprint density at radius 2 is 1.55 bits per heavy atom. The van der Waals surface area contributed by atoms with Crippen molar-refractivity contribution in [2.24, 2.45) is 33.5 Å². The highest BCUT2D eigenvalue weighted by atomic mass is 32.2. The van der Waals surface area contributed by atoms with E-state index in [0.717, 1.165) is 57.9 Å². The second-order valence-corrected chi connectivity index (χ2v) is 21.8. The molecule has 0 aromatic heterocycles. The minimum Gasteiger partial charge on any atom is -0.343 e.